The molecule has 0 heterocycles. The molecule has 0 aromatic heterocycles. The Bertz CT molecular complexity index is 884. The molecule has 3 aromatic carbocycles. The van der Waals surface area contributed by atoms with Crippen molar-refractivity contribution in [3.05, 3.63) is 83.9 Å². The van der Waals surface area contributed by atoms with Gasteiger partial charge in [-0.3, -0.25) is 4.79 Å². The SMILES string of the molecule is CCCCCCOc1ccc(N(c2ccc(C)cc2)c2ccc(C=O)cc2)cc1. The third-order valence-corrected chi connectivity index (χ3v) is 4.94. The van der Waals surface area contributed by atoms with E-state index >= 15 is 0 Å². The predicted octanol–water partition coefficient (Wildman–Crippen LogP) is 7.24. The van der Waals surface area contributed by atoms with Crippen molar-refractivity contribution in [2.75, 3.05) is 11.5 Å². The molecule has 3 heteroatoms. The molecule has 0 fully saturated rings. The molecule has 0 radical (unpaired) electrons. The molecule has 0 bridgehead atoms. The van der Waals surface area contributed by atoms with E-state index in [2.05, 4.69) is 55.1 Å². The van der Waals surface area contributed by atoms with Crippen LogP contribution in [0.25, 0.3) is 0 Å². The Balaban J connectivity index is 1.81. The maximum Gasteiger partial charge on any atom is 0.150 e. The van der Waals surface area contributed by atoms with Crippen molar-refractivity contribution in [1.29, 1.82) is 0 Å². The zero-order chi connectivity index (χ0) is 20.5. The first-order valence-electron chi connectivity index (χ1n) is 10.4. The van der Waals surface area contributed by atoms with Crippen LogP contribution in [0.3, 0.4) is 0 Å². The van der Waals surface area contributed by atoms with E-state index in [1.807, 2.05) is 36.4 Å². The number of benzene rings is 3. The second-order valence-corrected chi connectivity index (χ2v) is 7.28. The summed E-state index contributed by atoms with van der Waals surface area (Å²) < 4.78 is 5.89. The Hall–Kier alpha value is -3.07. The minimum atomic E-state index is 0.671. The average Bonchev–Trinajstić information content (AvgIpc) is 2.76. The molecule has 3 aromatic rings. The predicted molar refractivity (Wildman–Crippen MR) is 121 cm³/mol. The van der Waals surface area contributed by atoms with E-state index < -0.39 is 0 Å². The highest BCUT2D eigenvalue weighted by molar-refractivity contribution is 5.80. The number of ether oxygens (including phenoxy) is 1. The maximum absolute atomic E-state index is 11.0. The molecule has 0 aliphatic heterocycles. The number of hydrogen-bond acceptors (Lipinski definition) is 3. The van der Waals surface area contributed by atoms with Gasteiger partial charge in [-0.05, 0) is 74.0 Å². The van der Waals surface area contributed by atoms with Gasteiger partial charge in [0.15, 0.2) is 0 Å². The third kappa shape index (κ3) is 5.71. The standard InChI is InChI=1S/C26H29NO2/c1-3-4-5-6-19-29-26-17-15-25(16-18-26)27(23-11-7-21(2)8-12-23)24-13-9-22(20-28)10-14-24/h7-18,20H,3-6,19H2,1-2H3. The molecule has 0 aliphatic carbocycles. The van der Waals surface area contributed by atoms with Crippen molar-refractivity contribution < 1.29 is 9.53 Å². The van der Waals surface area contributed by atoms with E-state index in [-0.39, 0.29) is 0 Å². The second kappa shape index (κ2) is 10.5. The van der Waals surface area contributed by atoms with E-state index in [4.69, 9.17) is 4.74 Å². The molecule has 0 saturated carbocycles. The van der Waals surface area contributed by atoms with E-state index in [0.29, 0.717) is 5.56 Å². The summed E-state index contributed by atoms with van der Waals surface area (Å²) >= 11 is 0. The van der Waals surface area contributed by atoms with Gasteiger partial charge in [-0.15, -0.1) is 0 Å². The zero-order valence-corrected chi connectivity index (χ0v) is 17.3. The smallest absolute Gasteiger partial charge is 0.150 e. The van der Waals surface area contributed by atoms with Crippen LogP contribution in [0, 0.1) is 6.92 Å². The van der Waals surface area contributed by atoms with Crippen LogP contribution in [0.5, 0.6) is 5.75 Å². The van der Waals surface area contributed by atoms with Crippen molar-refractivity contribution in [3.8, 4) is 5.75 Å². The molecule has 0 saturated heterocycles. The Kier molecular flexibility index (Phi) is 7.46. The molecule has 0 aliphatic rings. The molecule has 0 amide bonds. The number of hydrogen-bond donors (Lipinski definition) is 0. The topological polar surface area (TPSA) is 29.5 Å². The molecular formula is C26H29NO2. The van der Waals surface area contributed by atoms with Gasteiger partial charge in [0.2, 0.25) is 0 Å². The highest BCUT2D eigenvalue weighted by atomic mass is 16.5. The summed E-state index contributed by atoms with van der Waals surface area (Å²) in [4.78, 5) is 13.2. The Morgan fingerprint density at radius 3 is 1.86 bits per heavy atom. The average molecular weight is 388 g/mol. The first-order chi connectivity index (χ1) is 14.2. The van der Waals surface area contributed by atoms with Gasteiger partial charge in [0, 0.05) is 22.6 Å². The lowest BCUT2D eigenvalue weighted by Gasteiger charge is -2.26. The van der Waals surface area contributed by atoms with E-state index in [1.54, 1.807) is 0 Å². The van der Waals surface area contributed by atoms with Gasteiger partial charge in [-0.1, -0.05) is 43.9 Å². The normalized spacial score (nSPS) is 10.6. The monoisotopic (exact) mass is 387 g/mol. The number of rotatable bonds is 10. The molecule has 150 valence electrons. The van der Waals surface area contributed by atoms with E-state index in [9.17, 15) is 4.79 Å². The van der Waals surface area contributed by atoms with Crippen LogP contribution in [-0.2, 0) is 0 Å². The van der Waals surface area contributed by atoms with Gasteiger partial charge in [-0.25, -0.2) is 0 Å². The zero-order valence-electron chi connectivity index (χ0n) is 17.3. The van der Waals surface area contributed by atoms with Crippen LogP contribution >= 0.6 is 0 Å². The van der Waals surface area contributed by atoms with Gasteiger partial charge >= 0.3 is 0 Å². The van der Waals surface area contributed by atoms with Crippen molar-refractivity contribution in [2.45, 2.75) is 39.5 Å². The number of carbonyl (C=O) groups excluding carboxylic acids is 1. The number of unbranched alkanes of at least 4 members (excludes halogenated alkanes) is 3. The van der Waals surface area contributed by atoms with Crippen LogP contribution in [0.2, 0.25) is 0 Å². The molecule has 0 N–H and O–H groups in total. The van der Waals surface area contributed by atoms with Crippen molar-refractivity contribution in [2.24, 2.45) is 0 Å². The van der Waals surface area contributed by atoms with Gasteiger partial charge in [-0.2, -0.15) is 0 Å². The van der Waals surface area contributed by atoms with Gasteiger partial charge in [0.1, 0.15) is 12.0 Å². The summed E-state index contributed by atoms with van der Waals surface area (Å²) in [6.07, 6.45) is 5.67. The Morgan fingerprint density at radius 1 is 0.759 bits per heavy atom. The van der Waals surface area contributed by atoms with Gasteiger partial charge in [0.25, 0.3) is 0 Å². The van der Waals surface area contributed by atoms with Crippen molar-refractivity contribution in [1.82, 2.24) is 0 Å². The second-order valence-electron chi connectivity index (χ2n) is 7.28. The largest absolute Gasteiger partial charge is 0.494 e. The highest BCUT2D eigenvalue weighted by Gasteiger charge is 2.12. The number of carbonyl (C=O) groups is 1. The summed E-state index contributed by atoms with van der Waals surface area (Å²) in [5.74, 6) is 0.894. The molecule has 3 rings (SSSR count). The van der Waals surface area contributed by atoms with Crippen LogP contribution in [-0.4, -0.2) is 12.9 Å². The van der Waals surface area contributed by atoms with Crippen molar-refractivity contribution >= 4 is 23.3 Å². The molecule has 29 heavy (non-hydrogen) atoms. The Labute approximate surface area is 174 Å². The quantitative estimate of drug-likeness (QED) is 0.271. The summed E-state index contributed by atoms with van der Waals surface area (Å²) in [6.45, 7) is 5.06. The number of anilines is 3. The first-order valence-corrected chi connectivity index (χ1v) is 10.4. The molecular weight excluding hydrogens is 358 g/mol. The summed E-state index contributed by atoms with van der Waals surface area (Å²) in [7, 11) is 0. The van der Waals surface area contributed by atoms with E-state index in [0.717, 1.165) is 42.1 Å². The third-order valence-electron chi connectivity index (χ3n) is 4.94. The van der Waals surface area contributed by atoms with Crippen LogP contribution in [0.1, 0.15) is 48.5 Å². The molecule has 0 unspecified atom stereocenters. The van der Waals surface area contributed by atoms with Crippen LogP contribution in [0.15, 0.2) is 72.8 Å². The number of nitrogens with zero attached hydrogens (tertiary/aromatic N) is 1. The Morgan fingerprint density at radius 2 is 1.31 bits per heavy atom. The fourth-order valence-corrected chi connectivity index (χ4v) is 3.25. The minimum Gasteiger partial charge on any atom is -0.494 e. The lowest BCUT2D eigenvalue weighted by Crippen LogP contribution is -2.10. The minimum absolute atomic E-state index is 0.671. The van der Waals surface area contributed by atoms with Gasteiger partial charge in [0.05, 0.1) is 6.61 Å². The molecule has 0 atom stereocenters. The van der Waals surface area contributed by atoms with Crippen LogP contribution < -0.4 is 9.64 Å². The van der Waals surface area contributed by atoms with Crippen LogP contribution in [0.4, 0.5) is 17.1 Å². The first kappa shape index (κ1) is 20.7. The number of aldehydes is 1. The maximum atomic E-state index is 11.0. The highest BCUT2D eigenvalue weighted by Crippen LogP contribution is 2.35. The van der Waals surface area contributed by atoms with E-state index in [1.165, 1.54) is 24.8 Å². The molecule has 3 nitrogen and oxygen atoms in total. The van der Waals surface area contributed by atoms with Gasteiger partial charge < -0.3 is 9.64 Å². The number of aryl methyl sites for hydroxylation is 1. The van der Waals surface area contributed by atoms with Crippen molar-refractivity contribution in [3.63, 3.8) is 0 Å². The fourth-order valence-electron chi connectivity index (χ4n) is 3.25. The summed E-state index contributed by atoms with van der Waals surface area (Å²) in [6, 6.07) is 24.3. The lowest BCUT2D eigenvalue weighted by atomic mass is 10.1. The summed E-state index contributed by atoms with van der Waals surface area (Å²) in [5.41, 5.74) is 5.02. The fraction of sp³-hybridized carbons (Fsp3) is 0.269. The summed E-state index contributed by atoms with van der Waals surface area (Å²) in [5, 5.41) is 0. The molecule has 0 spiro atoms. The lowest BCUT2D eigenvalue weighted by molar-refractivity contribution is 0.112.